The molecule has 7 nitrogen and oxygen atoms in total. The lowest BCUT2D eigenvalue weighted by Gasteiger charge is -2.37. The van der Waals surface area contributed by atoms with Crippen LogP contribution in [0.15, 0.2) is 24.3 Å². The van der Waals surface area contributed by atoms with E-state index >= 15 is 0 Å². The SMILES string of the molecule is CCS(=O)(=O)N1CCC(N(CCCc2cccc(OC)c2)CC(=O)O)CC1. The second-order valence-corrected chi connectivity index (χ2v) is 9.11. The van der Waals surface area contributed by atoms with Crippen LogP contribution >= 0.6 is 0 Å². The molecule has 1 aromatic carbocycles. The molecular weight excluding hydrogens is 368 g/mol. The van der Waals surface area contributed by atoms with E-state index in [1.165, 1.54) is 4.31 Å². The molecular formula is C19H30N2O5S. The van der Waals surface area contributed by atoms with E-state index in [9.17, 15) is 18.3 Å². The minimum Gasteiger partial charge on any atom is -0.497 e. The average molecular weight is 399 g/mol. The van der Waals surface area contributed by atoms with Crippen molar-refractivity contribution in [2.24, 2.45) is 0 Å². The van der Waals surface area contributed by atoms with Gasteiger partial charge in [-0.25, -0.2) is 12.7 Å². The quantitative estimate of drug-likeness (QED) is 0.647. The molecule has 0 aliphatic carbocycles. The molecule has 1 aromatic rings. The van der Waals surface area contributed by atoms with E-state index in [1.807, 2.05) is 29.2 Å². The predicted molar refractivity (Wildman–Crippen MR) is 105 cm³/mol. The van der Waals surface area contributed by atoms with E-state index in [0.717, 1.165) is 24.2 Å². The topological polar surface area (TPSA) is 87.2 Å². The van der Waals surface area contributed by atoms with Crippen LogP contribution in [-0.2, 0) is 21.2 Å². The summed E-state index contributed by atoms with van der Waals surface area (Å²) in [4.78, 5) is 13.3. The Hall–Kier alpha value is -1.64. The summed E-state index contributed by atoms with van der Waals surface area (Å²) >= 11 is 0. The highest BCUT2D eigenvalue weighted by atomic mass is 32.2. The minimum atomic E-state index is -3.17. The first kappa shape index (κ1) is 21.7. The zero-order chi connectivity index (χ0) is 19.9. The van der Waals surface area contributed by atoms with Gasteiger partial charge in [0.2, 0.25) is 10.0 Å². The van der Waals surface area contributed by atoms with E-state index in [4.69, 9.17) is 4.74 Å². The average Bonchev–Trinajstić information content (AvgIpc) is 2.67. The fourth-order valence-corrected chi connectivity index (χ4v) is 4.68. The molecule has 0 spiro atoms. The van der Waals surface area contributed by atoms with Crippen LogP contribution in [0.25, 0.3) is 0 Å². The Morgan fingerprint density at radius 1 is 1.33 bits per heavy atom. The van der Waals surface area contributed by atoms with Crippen molar-refractivity contribution >= 4 is 16.0 Å². The van der Waals surface area contributed by atoms with Gasteiger partial charge in [-0.3, -0.25) is 9.69 Å². The Balaban J connectivity index is 1.90. The van der Waals surface area contributed by atoms with Crippen LogP contribution in [-0.4, -0.2) is 73.8 Å². The van der Waals surface area contributed by atoms with E-state index in [-0.39, 0.29) is 18.3 Å². The summed E-state index contributed by atoms with van der Waals surface area (Å²) in [5.41, 5.74) is 1.16. The molecule has 8 heteroatoms. The van der Waals surface area contributed by atoms with Crippen LogP contribution in [0.4, 0.5) is 0 Å². The predicted octanol–water partition coefficient (Wildman–Crippen LogP) is 1.83. The first-order valence-electron chi connectivity index (χ1n) is 9.42. The first-order valence-corrected chi connectivity index (χ1v) is 11.0. The smallest absolute Gasteiger partial charge is 0.317 e. The van der Waals surface area contributed by atoms with Gasteiger partial charge in [-0.2, -0.15) is 0 Å². The van der Waals surface area contributed by atoms with Crippen molar-refractivity contribution in [3.05, 3.63) is 29.8 Å². The van der Waals surface area contributed by atoms with Crippen molar-refractivity contribution < 1.29 is 23.1 Å². The second kappa shape index (κ2) is 10.1. The fourth-order valence-electron chi connectivity index (χ4n) is 3.55. The van der Waals surface area contributed by atoms with Gasteiger partial charge in [-0.15, -0.1) is 0 Å². The highest BCUT2D eigenvalue weighted by Gasteiger charge is 2.30. The summed E-state index contributed by atoms with van der Waals surface area (Å²) in [6.45, 7) is 3.24. The molecule has 152 valence electrons. The van der Waals surface area contributed by atoms with Gasteiger partial charge in [0.1, 0.15) is 5.75 Å². The summed E-state index contributed by atoms with van der Waals surface area (Å²) in [6.07, 6.45) is 3.03. The van der Waals surface area contributed by atoms with Gasteiger partial charge in [0.15, 0.2) is 0 Å². The van der Waals surface area contributed by atoms with Crippen LogP contribution in [0.2, 0.25) is 0 Å². The number of methoxy groups -OCH3 is 1. The molecule has 0 unspecified atom stereocenters. The van der Waals surface area contributed by atoms with Crippen molar-refractivity contribution in [1.29, 1.82) is 0 Å². The standard InChI is InChI=1S/C19H30N2O5S/c1-3-27(24,25)21-12-9-17(10-13-21)20(15-19(22)23)11-5-7-16-6-4-8-18(14-16)26-2/h4,6,8,14,17H,3,5,7,9-13,15H2,1-2H3,(H,22,23). The minimum absolute atomic E-state index is 0.0106. The summed E-state index contributed by atoms with van der Waals surface area (Å²) in [5, 5.41) is 9.25. The molecule has 1 saturated heterocycles. The van der Waals surface area contributed by atoms with E-state index in [0.29, 0.717) is 32.5 Å². The number of aryl methyl sites for hydroxylation is 1. The maximum atomic E-state index is 12.0. The Morgan fingerprint density at radius 3 is 2.63 bits per heavy atom. The lowest BCUT2D eigenvalue weighted by molar-refractivity contribution is -0.139. The molecule has 0 saturated carbocycles. The van der Waals surface area contributed by atoms with Crippen molar-refractivity contribution in [1.82, 2.24) is 9.21 Å². The van der Waals surface area contributed by atoms with Gasteiger partial charge in [0, 0.05) is 19.1 Å². The maximum absolute atomic E-state index is 12.0. The van der Waals surface area contributed by atoms with Gasteiger partial charge in [0.25, 0.3) is 0 Å². The molecule has 0 radical (unpaired) electrons. The second-order valence-electron chi connectivity index (χ2n) is 6.85. The third-order valence-electron chi connectivity index (χ3n) is 5.08. The third-order valence-corrected chi connectivity index (χ3v) is 6.96. The summed E-state index contributed by atoms with van der Waals surface area (Å²) < 4.78 is 30.8. The normalized spacial score (nSPS) is 16.6. The largest absolute Gasteiger partial charge is 0.497 e. The van der Waals surface area contributed by atoms with E-state index in [2.05, 4.69) is 0 Å². The molecule has 0 amide bonds. The number of aliphatic carboxylic acids is 1. The molecule has 1 aliphatic heterocycles. The van der Waals surface area contributed by atoms with Crippen LogP contribution < -0.4 is 4.74 Å². The number of benzene rings is 1. The van der Waals surface area contributed by atoms with Crippen LogP contribution in [0.1, 0.15) is 31.7 Å². The lowest BCUT2D eigenvalue weighted by atomic mass is 10.0. The van der Waals surface area contributed by atoms with Crippen molar-refractivity contribution in [2.75, 3.05) is 39.0 Å². The molecule has 27 heavy (non-hydrogen) atoms. The van der Waals surface area contributed by atoms with Crippen LogP contribution in [0.3, 0.4) is 0 Å². The van der Waals surface area contributed by atoms with E-state index in [1.54, 1.807) is 14.0 Å². The summed E-state index contributed by atoms with van der Waals surface area (Å²) in [7, 11) is -1.53. The van der Waals surface area contributed by atoms with Crippen molar-refractivity contribution in [3.63, 3.8) is 0 Å². The van der Waals surface area contributed by atoms with Gasteiger partial charge < -0.3 is 9.84 Å². The number of sulfonamides is 1. The summed E-state index contributed by atoms with van der Waals surface area (Å²) in [6, 6.07) is 7.99. The zero-order valence-electron chi connectivity index (χ0n) is 16.1. The number of carboxylic acid groups (broad SMARTS) is 1. The number of piperidine rings is 1. The molecule has 2 rings (SSSR count). The molecule has 1 heterocycles. The molecule has 0 atom stereocenters. The van der Waals surface area contributed by atoms with Crippen LogP contribution in [0.5, 0.6) is 5.75 Å². The lowest BCUT2D eigenvalue weighted by Crippen LogP contribution is -2.48. The molecule has 1 fully saturated rings. The first-order chi connectivity index (χ1) is 12.9. The van der Waals surface area contributed by atoms with Gasteiger partial charge in [-0.05, 0) is 56.8 Å². The van der Waals surface area contributed by atoms with Crippen LogP contribution in [0, 0.1) is 0 Å². The molecule has 1 N–H and O–H groups in total. The van der Waals surface area contributed by atoms with Gasteiger partial charge >= 0.3 is 5.97 Å². The maximum Gasteiger partial charge on any atom is 0.317 e. The highest BCUT2D eigenvalue weighted by molar-refractivity contribution is 7.89. The monoisotopic (exact) mass is 398 g/mol. The van der Waals surface area contributed by atoms with Crippen molar-refractivity contribution in [3.8, 4) is 5.75 Å². The Bertz CT molecular complexity index is 715. The van der Waals surface area contributed by atoms with Gasteiger partial charge in [-0.1, -0.05) is 12.1 Å². The number of carbonyl (C=O) groups is 1. The summed E-state index contributed by atoms with van der Waals surface area (Å²) in [5.74, 6) is 0.0798. The zero-order valence-corrected chi connectivity index (χ0v) is 17.0. The van der Waals surface area contributed by atoms with Crippen molar-refractivity contribution in [2.45, 2.75) is 38.6 Å². The Morgan fingerprint density at radius 2 is 2.04 bits per heavy atom. The molecule has 1 aliphatic rings. The fraction of sp³-hybridized carbons (Fsp3) is 0.632. The third kappa shape index (κ3) is 6.48. The number of nitrogens with zero attached hydrogens (tertiary/aromatic N) is 2. The number of rotatable bonds is 10. The highest BCUT2D eigenvalue weighted by Crippen LogP contribution is 2.20. The Labute approximate surface area is 162 Å². The number of hydrogen-bond acceptors (Lipinski definition) is 5. The van der Waals surface area contributed by atoms with E-state index < -0.39 is 16.0 Å². The molecule has 0 aromatic heterocycles. The number of hydrogen-bond donors (Lipinski definition) is 1. The number of carboxylic acids is 1. The molecule has 0 bridgehead atoms. The number of ether oxygens (including phenoxy) is 1. The van der Waals surface area contributed by atoms with Gasteiger partial charge in [0.05, 0.1) is 19.4 Å². The Kier molecular flexibility index (Phi) is 8.07.